The Kier molecular flexibility index (Phi) is 8.10. The van der Waals surface area contributed by atoms with Crippen molar-refractivity contribution in [2.45, 2.75) is 102 Å². The van der Waals surface area contributed by atoms with Crippen molar-refractivity contribution in [3.63, 3.8) is 0 Å². The highest BCUT2D eigenvalue weighted by Gasteiger charge is 2.29. The van der Waals surface area contributed by atoms with Crippen LogP contribution >= 0.6 is 0 Å². The summed E-state index contributed by atoms with van der Waals surface area (Å²) in [6, 6.07) is 1.31. The van der Waals surface area contributed by atoms with Crippen LogP contribution in [-0.2, 0) is 0 Å². The van der Waals surface area contributed by atoms with Crippen molar-refractivity contribution < 1.29 is 0 Å². The third kappa shape index (κ3) is 5.90. The van der Waals surface area contributed by atoms with Crippen LogP contribution in [0.3, 0.4) is 0 Å². The molecule has 2 fully saturated rings. The van der Waals surface area contributed by atoms with Crippen LogP contribution in [0, 0.1) is 5.92 Å². The molecule has 1 aliphatic heterocycles. The molecule has 124 valence electrons. The fraction of sp³-hybridized carbons (Fsp3) is 1.00. The highest BCUT2D eigenvalue weighted by Crippen LogP contribution is 2.26. The molecular weight excluding hydrogens is 256 g/mol. The summed E-state index contributed by atoms with van der Waals surface area (Å²) in [5, 5.41) is 0. The van der Waals surface area contributed by atoms with Crippen LogP contribution in [0.1, 0.15) is 90.4 Å². The lowest BCUT2D eigenvalue weighted by molar-refractivity contribution is 0.0933. The van der Waals surface area contributed by atoms with E-state index < -0.39 is 0 Å². The van der Waals surface area contributed by atoms with Gasteiger partial charge in [-0.2, -0.15) is 0 Å². The van der Waals surface area contributed by atoms with E-state index in [9.17, 15) is 0 Å². The fourth-order valence-corrected chi connectivity index (χ4v) is 4.35. The van der Waals surface area contributed by atoms with Gasteiger partial charge in [-0.1, -0.05) is 71.1 Å². The summed E-state index contributed by atoms with van der Waals surface area (Å²) < 4.78 is 0. The van der Waals surface area contributed by atoms with E-state index in [2.05, 4.69) is 11.8 Å². The summed E-state index contributed by atoms with van der Waals surface area (Å²) in [5.41, 5.74) is 6.29. The zero-order valence-corrected chi connectivity index (χ0v) is 14.4. The van der Waals surface area contributed by atoms with E-state index >= 15 is 0 Å². The first-order valence-electron chi connectivity index (χ1n) is 9.81. The number of nitrogens with two attached hydrogens (primary N) is 1. The molecule has 1 aliphatic carbocycles. The molecule has 0 amide bonds. The minimum Gasteiger partial charge on any atom is -0.327 e. The summed E-state index contributed by atoms with van der Waals surface area (Å²) in [5.74, 6) is 0.736. The van der Waals surface area contributed by atoms with Crippen molar-refractivity contribution in [3.05, 3.63) is 0 Å². The number of likely N-dealkylation sites (tertiary alicyclic amines) is 1. The second kappa shape index (κ2) is 9.84. The van der Waals surface area contributed by atoms with Gasteiger partial charge in [0.05, 0.1) is 0 Å². The van der Waals surface area contributed by atoms with E-state index in [4.69, 9.17) is 5.73 Å². The van der Waals surface area contributed by atoms with E-state index in [1.807, 2.05) is 0 Å². The van der Waals surface area contributed by atoms with Gasteiger partial charge in [-0.15, -0.1) is 0 Å². The lowest BCUT2D eigenvalue weighted by Crippen LogP contribution is -2.50. The number of piperidine rings is 1. The Labute approximate surface area is 132 Å². The van der Waals surface area contributed by atoms with Crippen molar-refractivity contribution in [1.29, 1.82) is 0 Å². The van der Waals surface area contributed by atoms with E-state index in [0.717, 1.165) is 12.0 Å². The maximum Gasteiger partial charge on any atom is 0.00953 e. The number of hydrogen-bond acceptors (Lipinski definition) is 2. The van der Waals surface area contributed by atoms with Crippen molar-refractivity contribution in [2.75, 3.05) is 13.1 Å². The van der Waals surface area contributed by atoms with Gasteiger partial charge in [0.1, 0.15) is 0 Å². The first kappa shape index (κ1) is 17.3. The van der Waals surface area contributed by atoms with Crippen LogP contribution in [0.4, 0.5) is 0 Å². The van der Waals surface area contributed by atoms with Gasteiger partial charge in [0, 0.05) is 18.6 Å². The van der Waals surface area contributed by atoms with Crippen LogP contribution in [0.15, 0.2) is 0 Å². The summed E-state index contributed by atoms with van der Waals surface area (Å²) in [6.07, 6.45) is 18.5. The number of hydrogen-bond donors (Lipinski definition) is 1. The van der Waals surface area contributed by atoms with Gasteiger partial charge in [-0.25, -0.2) is 0 Å². The maximum absolute atomic E-state index is 6.29. The molecule has 2 unspecified atom stereocenters. The van der Waals surface area contributed by atoms with Crippen LogP contribution in [0.5, 0.6) is 0 Å². The summed E-state index contributed by atoms with van der Waals surface area (Å²) in [4.78, 5) is 2.81. The second-order valence-corrected chi connectivity index (χ2v) is 7.53. The lowest BCUT2D eigenvalue weighted by atomic mass is 9.88. The Balaban J connectivity index is 1.84. The maximum atomic E-state index is 6.29. The number of nitrogens with zero attached hydrogens (tertiary/aromatic N) is 1. The molecule has 0 aromatic carbocycles. The summed E-state index contributed by atoms with van der Waals surface area (Å²) >= 11 is 0. The lowest BCUT2D eigenvalue weighted by Gasteiger charge is -2.41. The molecule has 1 heterocycles. The van der Waals surface area contributed by atoms with Gasteiger partial charge < -0.3 is 5.73 Å². The van der Waals surface area contributed by atoms with Crippen LogP contribution in [-0.4, -0.2) is 30.1 Å². The molecule has 2 rings (SSSR count). The van der Waals surface area contributed by atoms with Crippen molar-refractivity contribution in [3.8, 4) is 0 Å². The molecular formula is C19H38N2. The molecule has 0 aromatic rings. The molecule has 0 aromatic heterocycles. The Morgan fingerprint density at radius 2 is 1.33 bits per heavy atom. The molecule has 2 N–H and O–H groups in total. The predicted molar refractivity (Wildman–Crippen MR) is 92.5 cm³/mol. The van der Waals surface area contributed by atoms with Crippen molar-refractivity contribution in [2.24, 2.45) is 11.7 Å². The van der Waals surface area contributed by atoms with E-state index in [1.54, 1.807) is 0 Å². The quantitative estimate of drug-likeness (QED) is 0.798. The van der Waals surface area contributed by atoms with E-state index in [0.29, 0.717) is 6.04 Å². The zero-order valence-electron chi connectivity index (χ0n) is 14.4. The minimum atomic E-state index is 0.456. The van der Waals surface area contributed by atoms with Gasteiger partial charge >= 0.3 is 0 Å². The van der Waals surface area contributed by atoms with Gasteiger partial charge in [0.2, 0.25) is 0 Å². The molecule has 1 saturated carbocycles. The second-order valence-electron chi connectivity index (χ2n) is 7.53. The monoisotopic (exact) mass is 294 g/mol. The highest BCUT2D eigenvalue weighted by atomic mass is 15.2. The van der Waals surface area contributed by atoms with E-state index in [-0.39, 0.29) is 0 Å². The Hall–Kier alpha value is -0.0800. The van der Waals surface area contributed by atoms with Crippen molar-refractivity contribution >= 4 is 0 Å². The summed E-state index contributed by atoms with van der Waals surface area (Å²) in [7, 11) is 0. The molecule has 0 radical (unpaired) electrons. The average Bonchev–Trinajstić information content (AvgIpc) is 2.49. The molecule has 2 aliphatic rings. The minimum absolute atomic E-state index is 0.456. The Morgan fingerprint density at radius 1 is 0.810 bits per heavy atom. The molecule has 0 spiro atoms. The predicted octanol–water partition coefficient (Wildman–Crippen LogP) is 4.72. The molecule has 0 bridgehead atoms. The topological polar surface area (TPSA) is 29.3 Å². The largest absolute Gasteiger partial charge is 0.327 e. The van der Waals surface area contributed by atoms with Gasteiger partial charge in [0.15, 0.2) is 0 Å². The third-order valence-corrected chi connectivity index (χ3v) is 5.94. The fourth-order valence-electron chi connectivity index (χ4n) is 4.35. The van der Waals surface area contributed by atoms with E-state index in [1.165, 1.54) is 96.6 Å². The zero-order chi connectivity index (χ0) is 14.9. The van der Waals surface area contributed by atoms with Gasteiger partial charge in [-0.05, 0) is 31.7 Å². The van der Waals surface area contributed by atoms with Crippen LogP contribution < -0.4 is 5.73 Å². The average molecular weight is 295 g/mol. The Morgan fingerprint density at radius 3 is 1.86 bits per heavy atom. The first-order chi connectivity index (χ1) is 10.3. The SMILES string of the molecule is CCC1CN(C2CCCCCCCCCCC2)CCC1N. The normalized spacial score (nSPS) is 32.3. The number of rotatable bonds is 2. The van der Waals surface area contributed by atoms with Gasteiger partial charge in [-0.3, -0.25) is 4.90 Å². The Bertz CT molecular complexity index is 254. The standard InChI is InChI=1S/C19H38N2/c1-2-17-16-21(15-14-19(17)20)18-12-10-8-6-4-3-5-7-9-11-13-18/h17-19H,2-16,20H2,1H3. The molecule has 2 heteroatoms. The van der Waals surface area contributed by atoms with Crippen LogP contribution in [0.25, 0.3) is 0 Å². The molecule has 2 atom stereocenters. The first-order valence-corrected chi connectivity index (χ1v) is 9.81. The third-order valence-electron chi connectivity index (χ3n) is 5.94. The molecule has 21 heavy (non-hydrogen) atoms. The molecule has 1 saturated heterocycles. The molecule has 2 nitrogen and oxygen atoms in total. The van der Waals surface area contributed by atoms with Crippen molar-refractivity contribution in [1.82, 2.24) is 4.90 Å². The highest BCUT2D eigenvalue weighted by molar-refractivity contribution is 4.85. The summed E-state index contributed by atoms with van der Waals surface area (Å²) in [6.45, 7) is 4.83. The van der Waals surface area contributed by atoms with Gasteiger partial charge in [0.25, 0.3) is 0 Å². The van der Waals surface area contributed by atoms with Crippen LogP contribution in [0.2, 0.25) is 0 Å². The smallest absolute Gasteiger partial charge is 0.00953 e.